The topological polar surface area (TPSA) is 50.4 Å². The van der Waals surface area contributed by atoms with Gasteiger partial charge >= 0.3 is 6.09 Å². The molecule has 4 nitrogen and oxygen atoms in total. The molecule has 2 N–H and O–H groups in total. The molecule has 0 aromatic rings. The molecule has 6 heteroatoms. The van der Waals surface area contributed by atoms with Crippen molar-refractivity contribution in [1.82, 2.24) is 10.6 Å². The van der Waals surface area contributed by atoms with E-state index in [9.17, 15) is 13.6 Å². The van der Waals surface area contributed by atoms with Crippen LogP contribution in [0.15, 0.2) is 0 Å². The van der Waals surface area contributed by atoms with Crippen LogP contribution in [0.5, 0.6) is 0 Å². The molecule has 0 aromatic heterocycles. The number of hydrogen-bond donors (Lipinski definition) is 2. The number of rotatable bonds is 4. The molecule has 0 spiro atoms. The van der Waals surface area contributed by atoms with Gasteiger partial charge in [0.15, 0.2) is 0 Å². The van der Waals surface area contributed by atoms with Crippen LogP contribution >= 0.6 is 0 Å². The van der Waals surface area contributed by atoms with Gasteiger partial charge in [-0.25, -0.2) is 13.6 Å². The monoisotopic (exact) mass is 180 g/mol. The number of alkyl halides is 2. The first-order valence-electron chi connectivity index (χ1n) is 3.62. The van der Waals surface area contributed by atoms with Gasteiger partial charge in [-0.3, -0.25) is 0 Å². The lowest BCUT2D eigenvalue weighted by Gasteiger charge is -2.08. The fourth-order valence-electron chi connectivity index (χ4n) is 0.899. The standard InChI is InChI=1S/C6H10F2N2O2/c7-5(8)3-9-1-4-2-10-6(11)12-4/h4-5,9H,1-3H2,(H,10,11)/t4-/m0/s1. The number of hydrogen-bond acceptors (Lipinski definition) is 3. The molecule has 1 rings (SSSR count). The second kappa shape index (κ2) is 4.20. The Balaban J connectivity index is 2.04. The van der Waals surface area contributed by atoms with Crippen LogP contribution in [0.1, 0.15) is 0 Å². The minimum atomic E-state index is -2.37. The minimum absolute atomic E-state index is 0.267. The largest absolute Gasteiger partial charge is 0.443 e. The molecule has 1 heterocycles. The number of halogens is 2. The zero-order valence-electron chi connectivity index (χ0n) is 6.35. The van der Waals surface area contributed by atoms with Crippen molar-refractivity contribution in [2.45, 2.75) is 12.5 Å². The lowest BCUT2D eigenvalue weighted by atomic mass is 10.3. The average molecular weight is 180 g/mol. The molecular weight excluding hydrogens is 170 g/mol. The van der Waals surface area contributed by atoms with E-state index in [4.69, 9.17) is 0 Å². The first-order valence-corrected chi connectivity index (χ1v) is 3.62. The van der Waals surface area contributed by atoms with E-state index in [1.54, 1.807) is 0 Å². The van der Waals surface area contributed by atoms with Gasteiger partial charge in [0.05, 0.1) is 13.1 Å². The molecule has 0 bridgehead atoms. The second-order valence-electron chi connectivity index (χ2n) is 2.46. The van der Waals surface area contributed by atoms with Gasteiger partial charge in [0.2, 0.25) is 0 Å². The summed E-state index contributed by atoms with van der Waals surface area (Å²) in [5, 5.41) is 4.90. The molecule has 0 unspecified atom stereocenters. The summed E-state index contributed by atoms with van der Waals surface area (Å²) in [6, 6.07) is 0. The van der Waals surface area contributed by atoms with Crippen molar-refractivity contribution < 1.29 is 18.3 Å². The zero-order chi connectivity index (χ0) is 8.97. The molecule has 1 atom stereocenters. The van der Waals surface area contributed by atoms with Gasteiger partial charge in [0.1, 0.15) is 6.10 Å². The van der Waals surface area contributed by atoms with E-state index >= 15 is 0 Å². The predicted octanol–water partition coefficient (Wildman–Crippen LogP) is -0.0505. The van der Waals surface area contributed by atoms with Crippen LogP contribution < -0.4 is 10.6 Å². The quantitative estimate of drug-likeness (QED) is 0.637. The highest BCUT2D eigenvalue weighted by Crippen LogP contribution is 1.98. The Kier molecular flexibility index (Phi) is 3.21. The van der Waals surface area contributed by atoms with Gasteiger partial charge in [-0.15, -0.1) is 0 Å². The van der Waals surface area contributed by atoms with Crippen molar-refractivity contribution in [2.75, 3.05) is 19.6 Å². The summed E-state index contributed by atoms with van der Waals surface area (Å²) in [5.41, 5.74) is 0. The third-order valence-corrected chi connectivity index (χ3v) is 1.42. The number of cyclic esters (lactones) is 1. The Morgan fingerprint density at radius 3 is 3.00 bits per heavy atom. The number of alkyl carbamates (subject to hydrolysis) is 1. The lowest BCUT2D eigenvalue weighted by molar-refractivity contribution is 0.123. The predicted molar refractivity (Wildman–Crippen MR) is 37.1 cm³/mol. The molecule has 1 aliphatic rings. The molecule has 0 aliphatic carbocycles. The molecule has 1 fully saturated rings. The zero-order valence-corrected chi connectivity index (χ0v) is 6.35. The third kappa shape index (κ3) is 3.00. The van der Waals surface area contributed by atoms with Crippen LogP contribution in [0, 0.1) is 0 Å². The summed E-state index contributed by atoms with van der Waals surface area (Å²) in [5.74, 6) is 0. The second-order valence-corrected chi connectivity index (χ2v) is 2.46. The van der Waals surface area contributed by atoms with Gasteiger partial charge < -0.3 is 15.4 Å². The Morgan fingerprint density at radius 1 is 1.75 bits per heavy atom. The van der Waals surface area contributed by atoms with Crippen LogP contribution in [0.25, 0.3) is 0 Å². The molecule has 1 amide bonds. The van der Waals surface area contributed by atoms with Crippen LogP contribution in [-0.2, 0) is 4.74 Å². The highest BCUT2D eigenvalue weighted by Gasteiger charge is 2.21. The molecule has 1 aliphatic heterocycles. The van der Waals surface area contributed by atoms with Crippen LogP contribution in [0.4, 0.5) is 13.6 Å². The van der Waals surface area contributed by atoms with Gasteiger partial charge in [-0.05, 0) is 0 Å². The normalized spacial score (nSPS) is 22.6. The summed E-state index contributed by atoms with van der Waals surface area (Å²) in [6.45, 7) is 0.284. The molecule has 1 saturated heterocycles. The summed E-state index contributed by atoms with van der Waals surface area (Å²) in [6.07, 6.45) is -3.18. The third-order valence-electron chi connectivity index (χ3n) is 1.42. The molecule has 0 radical (unpaired) electrons. The highest BCUT2D eigenvalue weighted by molar-refractivity contribution is 5.69. The SMILES string of the molecule is O=C1NC[C@H](CNCC(F)F)O1. The maximum atomic E-state index is 11.6. The Hall–Kier alpha value is -0.910. The summed E-state index contributed by atoms with van der Waals surface area (Å²) >= 11 is 0. The Morgan fingerprint density at radius 2 is 2.50 bits per heavy atom. The first-order chi connectivity index (χ1) is 5.68. The number of carbonyl (C=O) groups is 1. The number of ether oxygens (including phenoxy) is 1. The highest BCUT2D eigenvalue weighted by atomic mass is 19.3. The van der Waals surface area contributed by atoms with Gasteiger partial charge in [0.25, 0.3) is 6.43 Å². The van der Waals surface area contributed by atoms with Crippen LogP contribution in [-0.4, -0.2) is 38.3 Å². The number of carbonyl (C=O) groups excluding carboxylic acids is 1. The van der Waals surface area contributed by atoms with E-state index in [2.05, 4.69) is 15.4 Å². The van der Waals surface area contributed by atoms with Gasteiger partial charge in [0, 0.05) is 6.54 Å². The van der Waals surface area contributed by atoms with E-state index in [0.717, 1.165) is 0 Å². The van der Waals surface area contributed by atoms with Crippen molar-refractivity contribution in [3.8, 4) is 0 Å². The van der Waals surface area contributed by atoms with E-state index in [1.807, 2.05) is 0 Å². The van der Waals surface area contributed by atoms with Crippen molar-refractivity contribution in [1.29, 1.82) is 0 Å². The molecular formula is C6H10F2N2O2. The van der Waals surface area contributed by atoms with E-state index in [-0.39, 0.29) is 19.2 Å². The van der Waals surface area contributed by atoms with Crippen molar-refractivity contribution in [3.63, 3.8) is 0 Å². The van der Waals surface area contributed by atoms with Crippen molar-refractivity contribution in [2.24, 2.45) is 0 Å². The molecule has 70 valence electrons. The maximum absolute atomic E-state index is 11.6. The lowest BCUT2D eigenvalue weighted by Crippen LogP contribution is -2.32. The summed E-state index contributed by atoms with van der Waals surface area (Å²) < 4.78 is 27.9. The molecule has 0 saturated carbocycles. The smallest absolute Gasteiger partial charge is 0.407 e. The van der Waals surface area contributed by atoms with Gasteiger partial charge in [-0.1, -0.05) is 0 Å². The van der Waals surface area contributed by atoms with Crippen molar-refractivity contribution >= 4 is 6.09 Å². The first kappa shape index (κ1) is 9.18. The average Bonchev–Trinajstić information content (AvgIpc) is 2.35. The Bertz CT molecular complexity index is 166. The van der Waals surface area contributed by atoms with Crippen LogP contribution in [0.3, 0.4) is 0 Å². The van der Waals surface area contributed by atoms with E-state index in [0.29, 0.717) is 6.54 Å². The molecule has 12 heavy (non-hydrogen) atoms. The number of amides is 1. The maximum Gasteiger partial charge on any atom is 0.407 e. The van der Waals surface area contributed by atoms with Gasteiger partial charge in [-0.2, -0.15) is 0 Å². The van der Waals surface area contributed by atoms with Crippen molar-refractivity contribution in [3.05, 3.63) is 0 Å². The van der Waals surface area contributed by atoms with Crippen LogP contribution in [0.2, 0.25) is 0 Å². The number of nitrogens with one attached hydrogen (secondary N) is 2. The van der Waals surface area contributed by atoms with E-state index in [1.165, 1.54) is 0 Å². The Labute approximate surface area is 68.3 Å². The fourth-order valence-corrected chi connectivity index (χ4v) is 0.899. The minimum Gasteiger partial charge on any atom is -0.443 e. The summed E-state index contributed by atoms with van der Waals surface area (Å²) in [7, 11) is 0. The summed E-state index contributed by atoms with van der Waals surface area (Å²) in [4.78, 5) is 10.4. The fraction of sp³-hybridized carbons (Fsp3) is 0.833. The van der Waals surface area contributed by atoms with E-state index < -0.39 is 12.5 Å². The molecule has 0 aromatic carbocycles.